The molecule has 1 rings (SSSR count). The van der Waals surface area contributed by atoms with E-state index in [0.29, 0.717) is 24.3 Å². The van der Waals surface area contributed by atoms with E-state index in [1.807, 2.05) is 6.92 Å². The third-order valence-electron chi connectivity index (χ3n) is 2.29. The number of anilines is 1. The first kappa shape index (κ1) is 13.9. The summed E-state index contributed by atoms with van der Waals surface area (Å²) in [6.45, 7) is 7.30. The van der Waals surface area contributed by atoms with Gasteiger partial charge in [-0.3, -0.25) is 10.1 Å². The van der Waals surface area contributed by atoms with Crippen LogP contribution in [0.5, 0.6) is 0 Å². The Balaban J connectivity index is 2.61. The van der Waals surface area contributed by atoms with Gasteiger partial charge in [0.15, 0.2) is 5.13 Å². The van der Waals surface area contributed by atoms with Crippen molar-refractivity contribution in [1.29, 1.82) is 0 Å². The lowest BCUT2D eigenvalue weighted by atomic mass is 10.1. The SMILES string of the molecule is CCOCC(Nc1ncc([N+](=O)[O-])s1)C(C)C. The fourth-order valence-corrected chi connectivity index (χ4v) is 1.91. The van der Waals surface area contributed by atoms with E-state index in [-0.39, 0.29) is 11.0 Å². The van der Waals surface area contributed by atoms with Gasteiger partial charge in [0.25, 0.3) is 0 Å². The number of aromatic nitrogens is 1. The third kappa shape index (κ3) is 4.27. The minimum Gasteiger partial charge on any atom is -0.380 e. The molecule has 0 bridgehead atoms. The average molecular weight is 259 g/mol. The summed E-state index contributed by atoms with van der Waals surface area (Å²) in [4.78, 5) is 14.1. The van der Waals surface area contributed by atoms with Gasteiger partial charge in [0.05, 0.1) is 17.6 Å². The Kier molecular flexibility index (Phi) is 5.30. The molecule has 17 heavy (non-hydrogen) atoms. The van der Waals surface area contributed by atoms with Crippen LogP contribution in [0.3, 0.4) is 0 Å². The Morgan fingerprint density at radius 3 is 2.82 bits per heavy atom. The summed E-state index contributed by atoms with van der Waals surface area (Å²) >= 11 is 1.04. The second-order valence-electron chi connectivity index (χ2n) is 3.92. The van der Waals surface area contributed by atoms with E-state index in [9.17, 15) is 10.1 Å². The molecule has 1 aromatic heterocycles. The van der Waals surface area contributed by atoms with Crippen molar-refractivity contribution in [2.24, 2.45) is 5.92 Å². The Bertz CT molecular complexity index is 367. The Hall–Kier alpha value is -1.21. The van der Waals surface area contributed by atoms with Crippen molar-refractivity contribution < 1.29 is 9.66 Å². The zero-order valence-corrected chi connectivity index (χ0v) is 11.0. The van der Waals surface area contributed by atoms with Crippen LogP contribution in [0.15, 0.2) is 6.20 Å². The summed E-state index contributed by atoms with van der Waals surface area (Å²) in [5.74, 6) is 0.365. The van der Waals surface area contributed by atoms with Gasteiger partial charge in [0.2, 0.25) is 0 Å². The standard InChI is InChI=1S/C10H17N3O3S/c1-4-16-6-8(7(2)3)12-10-11-5-9(17-10)13(14)15/h5,7-8H,4,6H2,1-3H3,(H,11,12). The number of hydrogen-bond donors (Lipinski definition) is 1. The lowest BCUT2D eigenvalue weighted by Crippen LogP contribution is -2.30. The third-order valence-corrected chi connectivity index (χ3v) is 3.17. The van der Waals surface area contributed by atoms with Crippen molar-refractivity contribution in [3.63, 3.8) is 0 Å². The van der Waals surface area contributed by atoms with E-state index in [1.54, 1.807) is 0 Å². The minimum absolute atomic E-state index is 0.0476. The van der Waals surface area contributed by atoms with Gasteiger partial charge in [-0.05, 0) is 24.2 Å². The van der Waals surface area contributed by atoms with Crippen molar-refractivity contribution in [3.8, 4) is 0 Å². The predicted octanol–water partition coefficient (Wildman–Crippen LogP) is 2.52. The molecule has 1 unspecified atom stereocenters. The Morgan fingerprint density at radius 1 is 1.65 bits per heavy atom. The van der Waals surface area contributed by atoms with Crippen LogP contribution in [0, 0.1) is 16.0 Å². The maximum absolute atomic E-state index is 10.5. The molecule has 0 aliphatic carbocycles. The second-order valence-corrected chi connectivity index (χ2v) is 4.92. The molecule has 0 saturated carbocycles. The Morgan fingerprint density at radius 2 is 2.35 bits per heavy atom. The van der Waals surface area contributed by atoms with Crippen molar-refractivity contribution in [3.05, 3.63) is 16.3 Å². The summed E-state index contributed by atoms with van der Waals surface area (Å²) in [5.41, 5.74) is 0. The molecule has 1 aromatic rings. The zero-order valence-electron chi connectivity index (χ0n) is 10.2. The van der Waals surface area contributed by atoms with Crippen LogP contribution < -0.4 is 5.32 Å². The van der Waals surface area contributed by atoms with Gasteiger partial charge in [0.1, 0.15) is 6.20 Å². The summed E-state index contributed by atoms with van der Waals surface area (Å²) in [5, 5.41) is 14.3. The van der Waals surface area contributed by atoms with Crippen LogP contribution in [0.2, 0.25) is 0 Å². The van der Waals surface area contributed by atoms with Crippen molar-refractivity contribution in [1.82, 2.24) is 4.98 Å². The number of ether oxygens (including phenoxy) is 1. The molecular formula is C10H17N3O3S. The fourth-order valence-electron chi connectivity index (χ4n) is 1.22. The largest absolute Gasteiger partial charge is 0.380 e. The van der Waals surface area contributed by atoms with E-state index in [0.717, 1.165) is 11.3 Å². The topological polar surface area (TPSA) is 77.3 Å². The van der Waals surface area contributed by atoms with E-state index in [2.05, 4.69) is 24.1 Å². The molecule has 0 saturated heterocycles. The molecule has 0 spiro atoms. The van der Waals surface area contributed by atoms with Crippen molar-refractivity contribution >= 4 is 21.5 Å². The first-order valence-corrected chi connectivity index (χ1v) is 6.30. The van der Waals surface area contributed by atoms with Gasteiger partial charge < -0.3 is 10.1 Å². The summed E-state index contributed by atoms with van der Waals surface area (Å²) in [7, 11) is 0. The molecule has 7 heteroatoms. The summed E-state index contributed by atoms with van der Waals surface area (Å²) in [6.07, 6.45) is 1.27. The van der Waals surface area contributed by atoms with E-state index >= 15 is 0 Å². The number of rotatable bonds is 7. The van der Waals surface area contributed by atoms with E-state index < -0.39 is 4.92 Å². The molecule has 0 fully saturated rings. The van der Waals surface area contributed by atoms with Crippen molar-refractivity contribution in [2.45, 2.75) is 26.8 Å². The van der Waals surface area contributed by atoms with Crippen LogP contribution >= 0.6 is 11.3 Å². The van der Waals surface area contributed by atoms with E-state index in [4.69, 9.17) is 4.74 Å². The molecule has 0 amide bonds. The Labute approximate surface area is 104 Å². The molecule has 1 N–H and O–H groups in total. The highest BCUT2D eigenvalue weighted by molar-refractivity contribution is 7.18. The van der Waals surface area contributed by atoms with Gasteiger partial charge in [-0.25, -0.2) is 4.98 Å². The highest BCUT2D eigenvalue weighted by Crippen LogP contribution is 2.26. The maximum Gasteiger partial charge on any atom is 0.345 e. The molecule has 0 radical (unpaired) electrons. The summed E-state index contributed by atoms with van der Waals surface area (Å²) < 4.78 is 5.36. The van der Waals surface area contributed by atoms with Crippen LogP contribution in [0.4, 0.5) is 10.1 Å². The second kappa shape index (κ2) is 6.51. The average Bonchev–Trinajstić information content (AvgIpc) is 2.72. The first-order valence-electron chi connectivity index (χ1n) is 5.49. The smallest absolute Gasteiger partial charge is 0.345 e. The quantitative estimate of drug-likeness (QED) is 0.601. The molecule has 1 atom stereocenters. The highest BCUT2D eigenvalue weighted by atomic mass is 32.1. The lowest BCUT2D eigenvalue weighted by Gasteiger charge is -2.21. The monoisotopic (exact) mass is 259 g/mol. The lowest BCUT2D eigenvalue weighted by molar-refractivity contribution is -0.380. The number of thiazole rings is 1. The van der Waals surface area contributed by atoms with Crippen LogP contribution in [0.25, 0.3) is 0 Å². The molecule has 96 valence electrons. The van der Waals surface area contributed by atoms with Gasteiger partial charge >= 0.3 is 5.00 Å². The predicted molar refractivity (Wildman–Crippen MR) is 67.5 cm³/mol. The van der Waals surface area contributed by atoms with Gasteiger partial charge in [-0.15, -0.1) is 0 Å². The van der Waals surface area contributed by atoms with Crippen LogP contribution in [-0.4, -0.2) is 29.2 Å². The van der Waals surface area contributed by atoms with Gasteiger partial charge in [-0.1, -0.05) is 13.8 Å². The number of hydrogen-bond acceptors (Lipinski definition) is 6. The molecular weight excluding hydrogens is 242 g/mol. The minimum atomic E-state index is -0.435. The normalized spacial score (nSPS) is 12.7. The molecule has 0 aliphatic heterocycles. The molecule has 6 nitrogen and oxygen atoms in total. The van der Waals surface area contributed by atoms with Crippen molar-refractivity contribution in [2.75, 3.05) is 18.5 Å². The van der Waals surface area contributed by atoms with Crippen LogP contribution in [0.1, 0.15) is 20.8 Å². The summed E-state index contributed by atoms with van der Waals surface area (Å²) in [6, 6.07) is 0.112. The molecule has 0 aromatic carbocycles. The van der Waals surface area contributed by atoms with E-state index in [1.165, 1.54) is 6.20 Å². The maximum atomic E-state index is 10.5. The number of nitrogens with one attached hydrogen (secondary N) is 1. The zero-order chi connectivity index (χ0) is 12.8. The molecule has 0 aliphatic rings. The van der Waals surface area contributed by atoms with Gasteiger partial charge in [-0.2, -0.15) is 0 Å². The fraction of sp³-hybridized carbons (Fsp3) is 0.700. The number of nitro groups is 1. The highest BCUT2D eigenvalue weighted by Gasteiger charge is 2.17. The first-order chi connectivity index (χ1) is 8.04. The van der Waals surface area contributed by atoms with Gasteiger partial charge in [0, 0.05) is 6.61 Å². The van der Waals surface area contributed by atoms with Crippen LogP contribution in [-0.2, 0) is 4.74 Å². The number of nitrogens with zero attached hydrogens (tertiary/aromatic N) is 2. The molecule has 1 heterocycles.